The van der Waals surface area contributed by atoms with E-state index >= 15 is 0 Å². The molecule has 9 heteroatoms. The van der Waals surface area contributed by atoms with Gasteiger partial charge in [0.15, 0.2) is 5.78 Å². The van der Waals surface area contributed by atoms with Crippen LogP contribution in [0.5, 0.6) is 0 Å². The van der Waals surface area contributed by atoms with Gasteiger partial charge in [-0.2, -0.15) is 0 Å². The van der Waals surface area contributed by atoms with Crippen LogP contribution < -0.4 is 5.32 Å². The van der Waals surface area contributed by atoms with Crippen LogP contribution in [0.25, 0.3) is 10.9 Å². The van der Waals surface area contributed by atoms with Crippen molar-refractivity contribution in [3.63, 3.8) is 0 Å². The summed E-state index contributed by atoms with van der Waals surface area (Å²) in [4.78, 5) is 40.2. The van der Waals surface area contributed by atoms with Gasteiger partial charge in [-0.1, -0.05) is 18.2 Å². The first kappa shape index (κ1) is 24.6. The maximum Gasteiger partial charge on any atom is 0.328 e. The van der Waals surface area contributed by atoms with Crippen LogP contribution in [0.2, 0.25) is 0 Å². The lowest BCUT2D eigenvalue weighted by Crippen LogP contribution is -2.46. The number of para-hydroxylation sites is 1. The van der Waals surface area contributed by atoms with Gasteiger partial charge in [-0.15, -0.1) is 11.8 Å². The predicted octanol–water partition coefficient (Wildman–Crippen LogP) is 2.24. The van der Waals surface area contributed by atoms with E-state index in [9.17, 15) is 19.5 Å². The molecule has 168 valence electrons. The van der Waals surface area contributed by atoms with Gasteiger partial charge in [0, 0.05) is 29.3 Å². The predicted molar refractivity (Wildman–Crippen MR) is 122 cm³/mol. The zero-order valence-electron chi connectivity index (χ0n) is 17.7. The number of nitrogens with one attached hydrogen (secondary N) is 3. The normalized spacial score (nSPS) is 13.0. The van der Waals surface area contributed by atoms with Gasteiger partial charge in [0.2, 0.25) is 5.91 Å². The fraction of sp³-hybridized carbons (Fsp3) is 0.455. The molecule has 1 aromatic heterocycles. The molecule has 0 bridgehead atoms. The van der Waals surface area contributed by atoms with Crippen molar-refractivity contribution in [3.8, 4) is 0 Å². The smallest absolute Gasteiger partial charge is 0.328 e. The van der Waals surface area contributed by atoms with E-state index < -0.39 is 23.0 Å². The van der Waals surface area contributed by atoms with Gasteiger partial charge in [-0.05, 0) is 38.3 Å². The lowest BCUT2D eigenvalue weighted by molar-refractivity contribution is -0.151. The molecule has 0 spiro atoms. The highest BCUT2D eigenvalue weighted by Crippen LogP contribution is 2.24. The van der Waals surface area contributed by atoms with E-state index in [0.29, 0.717) is 18.4 Å². The molecule has 8 nitrogen and oxygen atoms in total. The van der Waals surface area contributed by atoms with E-state index in [4.69, 9.17) is 10.1 Å². The summed E-state index contributed by atoms with van der Waals surface area (Å²) < 4.78 is 5.23. The molecule has 0 fully saturated rings. The first-order valence-corrected chi connectivity index (χ1v) is 11.2. The number of ketones is 1. The minimum atomic E-state index is -0.987. The molecule has 1 aromatic carbocycles. The monoisotopic (exact) mass is 447 g/mol. The van der Waals surface area contributed by atoms with E-state index in [1.54, 1.807) is 13.8 Å². The average molecular weight is 448 g/mol. The van der Waals surface area contributed by atoms with Crippen molar-refractivity contribution in [1.82, 2.24) is 10.3 Å². The molecule has 0 aliphatic carbocycles. The van der Waals surface area contributed by atoms with Crippen LogP contribution in [-0.4, -0.2) is 63.7 Å². The third-order valence-corrected chi connectivity index (χ3v) is 5.78. The van der Waals surface area contributed by atoms with E-state index in [1.807, 2.05) is 30.5 Å². The summed E-state index contributed by atoms with van der Waals surface area (Å²) in [6.45, 7) is 3.34. The summed E-state index contributed by atoms with van der Waals surface area (Å²) in [5, 5.41) is 19.5. The molecule has 0 aliphatic rings. The van der Waals surface area contributed by atoms with Gasteiger partial charge in [0.25, 0.3) is 0 Å². The molecule has 4 N–H and O–H groups in total. The van der Waals surface area contributed by atoms with Gasteiger partial charge in [-0.25, -0.2) is 4.79 Å². The van der Waals surface area contributed by atoms with Gasteiger partial charge in [0.05, 0.1) is 24.2 Å². The summed E-state index contributed by atoms with van der Waals surface area (Å²) in [5.41, 5.74) is 1.92. The highest BCUT2D eigenvalue weighted by molar-refractivity contribution is 8.00. The third kappa shape index (κ3) is 7.52. The number of carbonyl (C=O) groups is 3. The average Bonchev–Trinajstić information content (AvgIpc) is 3.15. The fourth-order valence-electron chi connectivity index (χ4n) is 3.11. The second-order valence-electron chi connectivity index (χ2n) is 7.34. The Balaban J connectivity index is 2.16. The van der Waals surface area contributed by atoms with Crippen molar-refractivity contribution < 1.29 is 24.2 Å². The number of H-pyrrole nitrogens is 1. The number of aromatic amines is 1. The molecule has 0 aliphatic heterocycles. The number of ether oxygens (including phenoxy) is 1. The number of rotatable bonds is 13. The molecule has 0 saturated carbocycles. The number of benzene rings is 1. The lowest BCUT2D eigenvalue weighted by atomic mass is 10.1. The van der Waals surface area contributed by atoms with Crippen molar-refractivity contribution in [2.75, 3.05) is 12.4 Å². The Hall–Kier alpha value is -2.65. The number of carbonyl (C=O) groups excluding carboxylic acids is 3. The Morgan fingerprint density at radius 2 is 2.03 bits per heavy atom. The van der Waals surface area contributed by atoms with Crippen LogP contribution in [0, 0.1) is 5.41 Å². The molecule has 0 unspecified atom stereocenters. The second-order valence-corrected chi connectivity index (χ2v) is 8.65. The van der Waals surface area contributed by atoms with Crippen LogP contribution >= 0.6 is 11.8 Å². The van der Waals surface area contributed by atoms with Crippen LogP contribution in [0.1, 0.15) is 32.3 Å². The number of Topliss-reactive ketones (excluding diaryl/α,β-unsaturated/α-hetero) is 1. The molecule has 2 aromatic rings. The number of amides is 1. The number of thioether (sulfide) groups is 1. The summed E-state index contributed by atoms with van der Waals surface area (Å²) in [6.07, 6.45) is 2.61. The van der Waals surface area contributed by atoms with Crippen molar-refractivity contribution in [2.45, 2.75) is 50.5 Å². The number of esters is 1. The fourth-order valence-corrected chi connectivity index (χ4v) is 4.02. The maximum atomic E-state index is 13.1. The van der Waals surface area contributed by atoms with E-state index in [-0.39, 0.29) is 31.5 Å². The summed E-state index contributed by atoms with van der Waals surface area (Å²) in [6, 6.07) is 6.78. The largest absolute Gasteiger partial charge is 0.461 e. The molecule has 1 amide bonds. The third-order valence-electron chi connectivity index (χ3n) is 4.58. The topological polar surface area (TPSA) is 132 Å². The summed E-state index contributed by atoms with van der Waals surface area (Å²) >= 11 is 1.30. The molecule has 2 atom stereocenters. The minimum Gasteiger partial charge on any atom is -0.461 e. The zero-order valence-corrected chi connectivity index (χ0v) is 18.5. The van der Waals surface area contributed by atoms with Crippen LogP contribution in [0.15, 0.2) is 30.5 Å². The van der Waals surface area contributed by atoms with Crippen molar-refractivity contribution in [1.29, 1.82) is 5.41 Å². The number of aromatic nitrogens is 1. The van der Waals surface area contributed by atoms with E-state index in [1.165, 1.54) is 11.8 Å². The van der Waals surface area contributed by atoms with E-state index in [0.717, 1.165) is 16.5 Å². The molecule has 31 heavy (non-hydrogen) atoms. The summed E-state index contributed by atoms with van der Waals surface area (Å²) in [7, 11) is 0. The molecule has 0 saturated heterocycles. The molecule has 2 rings (SSSR count). The Bertz CT molecular complexity index is 911. The molecular formula is C22H29N3O5S. The first-order valence-electron chi connectivity index (χ1n) is 10.2. The highest BCUT2D eigenvalue weighted by Gasteiger charge is 2.28. The lowest BCUT2D eigenvalue weighted by Gasteiger charge is -2.22. The van der Waals surface area contributed by atoms with Crippen LogP contribution in [0.4, 0.5) is 0 Å². The van der Waals surface area contributed by atoms with Crippen molar-refractivity contribution in [3.05, 3.63) is 36.0 Å². The van der Waals surface area contributed by atoms with Gasteiger partial charge >= 0.3 is 5.97 Å². The van der Waals surface area contributed by atoms with Crippen molar-refractivity contribution in [2.24, 2.45) is 0 Å². The number of fused-ring (bicyclic) bond motifs is 1. The number of aliphatic hydroxyl groups is 1. The molecular weight excluding hydrogens is 418 g/mol. The SMILES string of the molecule is CC(C)OC(=O)[C@H](CCC(=O)C=N)NC(=O)[C@H](Cc1c[nH]c2ccccc12)SCCO. The highest BCUT2D eigenvalue weighted by atomic mass is 32.2. The quantitative estimate of drug-likeness (QED) is 0.275. The Morgan fingerprint density at radius 3 is 2.71 bits per heavy atom. The standard InChI is InChI=1S/C22H29N3O5S/c1-14(2)30-22(29)19(8-7-16(27)12-23)25-21(28)20(31-10-9-26)11-15-13-24-18-6-4-3-5-17(15)18/h3-6,12-14,19-20,23-24,26H,7-11H2,1-2H3,(H,25,28)/t19-,20-/m0/s1. The Labute approximate surface area is 185 Å². The Kier molecular flexibility index (Phi) is 9.74. The van der Waals surface area contributed by atoms with Gasteiger partial charge in [0.1, 0.15) is 6.04 Å². The Morgan fingerprint density at radius 1 is 1.29 bits per heavy atom. The number of hydrogen-bond acceptors (Lipinski definition) is 7. The number of hydrogen-bond donors (Lipinski definition) is 4. The van der Waals surface area contributed by atoms with E-state index in [2.05, 4.69) is 10.3 Å². The van der Waals surface area contributed by atoms with Crippen molar-refractivity contribution >= 4 is 46.5 Å². The van der Waals surface area contributed by atoms with Gasteiger partial charge < -0.3 is 25.6 Å². The molecule has 0 radical (unpaired) electrons. The van der Waals surface area contributed by atoms with Crippen LogP contribution in [0.3, 0.4) is 0 Å². The van der Waals surface area contributed by atoms with Crippen LogP contribution in [-0.2, 0) is 25.5 Å². The number of aliphatic hydroxyl groups excluding tert-OH is 1. The maximum absolute atomic E-state index is 13.1. The minimum absolute atomic E-state index is 0.0431. The second kappa shape index (κ2) is 12.3. The summed E-state index contributed by atoms with van der Waals surface area (Å²) in [5.74, 6) is -1.04. The molecule has 1 heterocycles. The zero-order chi connectivity index (χ0) is 22.8. The van der Waals surface area contributed by atoms with Gasteiger partial charge in [-0.3, -0.25) is 9.59 Å². The first-order chi connectivity index (χ1) is 14.8.